The molecule has 0 aliphatic carbocycles. The van der Waals surface area contributed by atoms with E-state index in [9.17, 15) is 0 Å². The molecule has 0 aliphatic heterocycles. The molecule has 0 bridgehead atoms. The SMILES string of the molecule is Cc1cc(N)ccc1-n1nnnc1C(C)C. The summed E-state index contributed by atoms with van der Waals surface area (Å²) in [7, 11) is 0. The van der Waals surface area contributed by atoms with E-state index >= 15 is 0 Å². The van der Waals surface area contributed by atoms with Gasteiger partial charge in [0, 0.05) is 11.6 Å². The van der Waals surface area contributed by atoms with E-state index in [1.165, 1.54) is 0 Å². The highest BCUT2D eigenvalue weighted by Gasteiger charge is 2.13. The first-order valence-corrected chi connectivity index (χ1v) is 5.24. The fourth-order valence-corrected chi connectivity index (χ4v) is 1.64. The molecule has 5 heteroatoms. The fraction of sp³-hybridized carbons (Fsp3) is 0.364. The van der Waals surface area contributed by atoms with Gasteiger partial charge in [-0.15, -0.1) is 5.10 Å². The standard InChI is InChI=1S/C11H15N5/c1-7(2)11-13-14-15-16(11)10-5-4-9(12)6-8(10)3/h4-7H,12H2,1-3H3. The molecule has 5 nitrogen and oxygen atoms in total. The summed E-state index contributed by atoms with van der Waals surface area (Å²) < 4.78 is 1.76. The lowest BCUT2D eigenvalue weighted by Crippen LogP contribution is -2.06. The van der Waals surface area contributed by atoms with Crippen LogP contribution < -0.4 is 5.73 Å². The van der Waals surface area contributed by atoms with Crippen LogP contribution in [-0.4, -0.2) is 20.2 Å². The van der Waals surface area contributed by atoms with E-state index < -0.39 is 0 Å². The molecule has 2 N–H and O–H groups in total. The molecule has 0 radical (unpaired) electrons. The number of anilines is 1. The average Bonchev–Trinajstić information content (AvgIpc) is 2.66. The maximum atomic E-state index is 5.72. The maximum absolute atomic E-state index is 5.72. The van der Waals surface area contributed by atoms with Crippen molar-refractivity contribution < 1.29 is 0 Å². The summed E-state index contributed by atoms with van der Waals surface area (Å²) in [5.74, 6) is 1.14. The average molecular weight is 217 g/mol. The van der Waals surface area contributed by atoms with E-state index in [1.807, 2.05) is 25.1 Å². The first-order valence-electron chi connectivity index (χ1n) is 5.24. The third-order valence-electron chi connectivity index (χ3n) is 2.46. The van der Waals surface area contributed by atoms with Crippen molar-refractivity contribution in [2.24, 2.45) is 0 Å². The predicted molar refractivity (Wildman–Crippen MR) is 62.4 cm³/mol. The largest absolute Gasteiger partial charge is 0.399 e. The van der Waals surface area contributed by atoms with Crippen LogP contribution in [-0.2, 0) is 0 Å². The Hall–Kier alpha value is -1.91. The number of aromatic nitrogens is 4. The van der Waals surface area contributed by atoms with Gasteiger partial charge in [0.1, 0.15) is 0 Å². The smallest absolute Gasteiger partial charge is 0.159 e. The summed E-state index contributed by atoms with van der Waals surface area (Å²) in [5, 5.41) is 11.8. The quantitative estimate of drug-likeness (QED) is 0.777. The lowest BCUT2D eigenvalue weighted by atomic mass is 10.1. The number of aryl methyl sites for hydroxylation is 1. The van der Waals surface area contributed by atoms with Crippen LogP contribution in [0.3, 0.4) is 0 Å². The van der Waals surface area contributed by atoms with Gasteiger partial charge in [-0.2, -0.15) is 4.68 Å². The molecular weight excluding hydrogens is 202 g/mol. The minimum atomic E-state index is 0.284. The van der Waals surface area contributed by atoms with E-state index in [0.717, 1.165) is 22.8 Å². The number of hydrogen-bond donors (Lipinski definition) is 1. The summed E-state index contributed by atoms with van der Waals surface area (Å²) >= 11 is 0. The molecule has 0 unspecified atom stereocenters. The van der Waals surface area contributed by atoms with Crippen LogP contribution in [0, 0.1) is 6.92 Å². The van der Waals surface area contributed by atoms with Gasteiger partial charge in [-0.05, 0) is 41.1 Å². The molecular formula is C11H15N5. The van der Waals surface area contributed by atoms with Gasteiger partial charge in [0.25, 0.3) is 0 Å². The molecule has 0 spiro atoms. The summed E-state index contributed by atoms with van der Waals surface area (Å²) in [6.45, 7) is 6.13. The van der Waals surface area contributed by atoms with Crippen LogP contribution >= 0.6 is 0 Å². The minimum Gasteiger partial charge on any atom is -0.399 e. The van der Waals surface area contributed by atoms with Gasteiger partial charge >= 0.3 is 0 Å². The monoisotopic (exact) mass is 217 g/mol. The zero-order valence-electron chi connectivity index (χ0n) is 9.68. The number of benzene rings is 1. The highest BCUT2D eigenvalue weighted by Crippen LogP contribution is 2.19. The Labute approximate surface area is 94.3 Å². The van der Waals surface area contributed by atoms with E-state index in [2.05, 4.69) is 29.4 Å². The Morgan fingerprint density at radius 3 is 2.69 bits per heavy atom. The number of tetrazole rings is 1. The third-order valence-corrected chi connectivity index (χ3v) is 2.46. The van der Waals surface area contributed by atoms with Gasteiger partial charge in [-0.1, -0.05) is 13.8 Å². The van der Waals surface area contributed by atoms with Gasteiger partial charge < -0.3 is 5.73 Å². The number of nitrogens with two attached hydrogens (primary N) is 1. The highest BCUT2D eigenvalue weighted by molar-refractivity contribution is 5.50. The minimum absolute atomic E-state index is 0.284. The fourth-order valence-electron chi connectivity index (χ4n) is 1.64. The van der Waals surface area contributed by atoms with Crippen LogP contribution in [0.25, 0.3) is 5.69 Å². The van der Waals surface area contributed by atoms with Crippen molar-refractivity contribution in [1.29, 1.82) is 0 Å². The first kappa shape index (κ1) is 10.6. The summed E-state index contributed by atoms with van der Waals surface area (Å²) in [6, 6.07) is 5.71. The van der Waals surface area contributed by atoms with Crippen molar-refractivity contribution in [2.45, 2.75) is 26.7 Å². The van der Waals surface area contributed by atoms with Crippen molar-refractivity contribution >= 4 is 5.69 Å². The molecule has 0 aliphatic rings. The van der Waals surface area contributed by atoms with Crippen molar-refractivity contribution in [3.05, 3.63) is 29.6 Å². The van der Waals surface area contributed by atoms with E-state index in [-0.39, 0.29) is 5.92 Å². The Balaban J connectivity index is 2.54. The number of nitrogen functional groups attached to an aromatic ring is 1. The molecule has 2 rings (SSSR count). The summed E-state index contributed by atoms with van der Waals surface area (Å²) in [6.07, 6.45) is 0. The molecule has 1 aromatic carbocycles. The van der Waals surface area contributed by atoms with Crippen LogP contribution in [0.5, 0.6) is 0 Å². The third kappa shape index (κ3) is 1.76. The molecule has 84 valence electrons. The zero-order chi connectivity index (χ0) is 11.7. The number of rotatable bonds is 2. The summed E-state index contributed by atoms with van der Waals surface area (Å²) in [5.41, 5.74) is 8.51. The highest BCUT2D eigenvalue weighted by atomic mass is 15.5. The van der Waals surface area contributed by atoms with E-state index in [1.54, 1.807) is 4.68 Å². The Kier molecular flexibility index (Phi) is 2.60. The number of nitrogens with zero attached hydrogens (tertiary/aromatic N) is 4. The van der Waals surface area contributed by atoms with Crippen LogP contribution in [0.4, 0.5) is 5.69 Å². The first-order chi connectivity index (χ1) is 7.59. The Bertz CT molecular complexity index is 501. The van der Waals surface area contributed by atoms with E-state index in [0.29, 0.717) is 0 Å². The van der Waals surface area contributed by atoms with Crippen molar-refractivity contribution in [1.82, 2.24) is 20.2 Å². The van der Waals surface area contributed by atoms with Gasteiger partial charge in [0.2, 0.25) is 0 Å². The Morgan fingerprint density at radius 2 is 2.06 bits per heavy atom. The number of hydrogen-bond acceptors (Lipinski definition) is 4. The van der Waals surface area contributed by atoms with Crippen molar-refractivity contribution in [3.63, 3.8) is 0 Å². The van der Waals surface area contributed by atoms with Crippen molar-refractivity contribution in [2.75, 3.05) is 5.73 Å². The molecule has 0 fully saturated rings. The lowest BCUT2D eigenvalue weighted by Gasteiger charge is -2.09. The molecule has 0 saturated heterocycles. The molecule has 0 saturated carbocycles. The van der Waals surface area contributed by atoms with E-state index in [4.69, 9.17) is 5.73 Å². The van der Waals surface area contributed by atoms with Crippen LogP contribution in [0.15, 0.2) is 18.2 Å². The second kappa shape index (κ2) is 3.92. The predicted octanol–water partition coefficient (Wildman–Crippen LogP) is 1.68. The zero-order valence-corrected chi connectivity index (χ0v) is 9.68. The molecule has 16 heavy (non-hydrogen) atoms. The molecule has 0 amide bonds. The topological polar surface area (TPSA) is 69.6 Å². The van der Waals surface area contributed by atoms with Gasteiger partial charge in [0.05, 0.1) is 5.69 Å². The molecule has 0 atom stereocenters. The van der Waals surface area contributed by atoms with Gasteiger partial charge in [-0.25, -0.2) is 0 Å². The second-order valence-electron chi connectivity index (χ2n) is 4.15. The molecule has 1 aromatic heterocycles. The Morgan fingerprint density at radius 1 is 1.31 bits per heavy atom. The lowest BCUT2D eigenvalue weighted by molar-refractivity contribution is 0.707. The summed E-state index contributed by atoms with van der Waals surface area (Å²) in [4.78, 5) is 0. The van der Waals surface area contributed by atoms with Crippen LogP contribution in [0.2, 0.25) is 0 Å². The molecule has 1 heterocycles. The second-order valence-corrected chi connectivity index (χ2v) is 4.15. The van der Waals surface area contributed by atoms with Gasteiger partial charge in [0.15, 0.2) is 5.82 Å². The maximum Gasteiger partial charge on any atom is 0.159 e. The van der Waals surface area contributed by atoms with Crippen LogP contribution in [0.1, 0.15) is 31.2 Å². The van der Waals surface area contributed by atoms with Crippen molar-refractivity contribution in [3.8, 4) is 5.69 Å². The molecule has 2 aromatic rings. The normalized spacial score (nSPS) is 11.0. The van der Waals surface area contributed by atoms with Gasteiger partial charge in [-0.3, -0.25) is 0 Å².